The highest BCUT2D eigenvalue weighted by Gasteiger charge is 2.20. The maximum absolute atomic E-state index is 12.0. The number of hydrogen-bond acceptors (Lipinski definition) is 2. The van der Waals surface area contributed by atoms with E-state index in [1.807, 2.05) is 0 Å². The fourth-order valence-electron chi connectivity index (χ4n) is 4.42. The van der Waals surface area contributed by atoms with Gasteiger partial charge in [0.1, 0.15) is 0 Å². The van der Waals surface area contributed by atoms with Gasteiger partial charge in [-0.2, -0.15) is 0 Å². The topological polar surface area (TPSA) is 26.3 Å². The molecule has 0 aromatic carbocycles. The number of esters is 1. The van der Waals surface area contributed by atoms with Crippen LogP contribution in [0.4, 0.5) is 0 Å². The smallest absolute Gasteiger partial charge is 0.305 e. The molecule has 0 amide bonds. The number of rotatable bonds is 27. The lowest BCUT2D eigenvalue weighted by Crippen LogP contribution is -2.18. The number of hydrogen-bond donors (Lipinski definition) is 0. The molecule has 0 bridgehead atoms. The van der Waals surface area contributed by atoms with E-state index in [9.17, 15) is 4.79 Å². The molecular weight excluding hydrogens is 570 g/mol. The number of alkyl halides is 5. The third-order valence-corrected chi connectivity index (χ3v) is 9.52. The summed E-state index contributed by atoms with van der Waals surface area (Å²) in [5.41, 5.74) is 0. The zero-order valence-electron chi connectivity index (χ0n) is 23.6. The maximum Gasteiger partial charge on any atom is 0.305 e. The van der Waals surface area contributed by atoms with Crippen LogP contribution in [-0.4, -0.2) is 39.5 Å². The normalized spacial score (nSPS) is 15.8. The Morgan fingerprint density at radius 1 is 0.568 bits per heavy atom. The van der Waals surface area contributed by atoms with E-state index in [4.69, 9.17) is 62.7 Å². The average Bonchev–Trinajstić information content (AvgIpc) is 2.88. The molecule has 5 atom stereocenters. The number of unbranched alkanes of at least 4 members (excludes halogenated alkanes) is 11. The van der Waals surface area contributed by atoms with Crippen LogP contribution in [0.5, 0.6) is 0 Å². The molecule has 0 N–H and O–H groups in total. The van der Waals surface area contributed by atoms with Gasteiger partial charge in [-0.05, 0) is 51.4 Å². The first-order valence-electron chi connectivity index (χ1n) is 15.2. The molecule has 2 nitrogen and oxygen atoms in total. The van der Waals surface area contributed by atoms with Crippen molar-refractivity contribution in [1.82, 2.24) is 0 Å². The van der Waals surface area contributed by atoms with Crippen molar-refractivity contribution in [1.29, 1.82) is 0 Å². The Kier molecular flexibility index (Phi) is 27.8. The predicted octanol–water partition coefficient (Wildman–Crippen LogP) is 11.8. The van der Waals surface area contributed by atoms with Crippen LogP contribution in [0.3, 0.4) is 0 Å². The van der Waals surface area contributed by atoms with Crippen LogP contribution in [0.1, 0.15) is 149 Å². The van der Waals surface area contributed by atoms with Gasteiger partial charge in [0.05, 0.1) is 6.61 Å². The molecular formula is C30H55Cl5O2. The van der Waals surface area contributed by atoms with Crippen LogP contribution in [0.25, 0.3) is 0 Å². The molecule has 7 heteroatoms. The second kappa shape index (κ2) is 27.1. The summed E-state index contributed by atoms with van der Waals surface area (Å²) in [5, 5.41) is -0.0980. The second-order valence-corrected chi connectivity index (χ2v) is 13.6. The van der Waals surface area contributed by atoms with E-state index in [0.29, 0.717) is 19.4 Å². The zero-order chi connectivity index (χ0) is 27.7. The Morgan fingerprint density at radius 3 is 1.68 bits per heavy atom. The lowest BCUT2D eigenvalue weighted by atomic mass is 10.0. The Morgan fingerprint density at radius 2 is 1.11 bits per heavy atom. The Bertz CT molecular complexity index is 508. The minimum atomic E-state index is -0.149. The van der Waals surface area contributed by atoms with Crippen LogP contribution >= 0.6 is 58.0 Å². The summed E-state index contributed by atoms with van der Waals surface area (Å²) in [5.74, 6) is -0.149. The lowest BCUT2D eigenvalue weighted by molar-refractivity contribution is -0.143. The van der Waals surface area contributed by atoms with E-state index in [2.05, 4.69) is 13.8 Å². The van der Waals surface area contributed by atoms with Crippen molar-refractivity contribution in [3.05, 3.63) is 0 Å². The summed E-state index contributed by atoms with van der Waals surface area (Å²) in [7, 11) is 0. The van der Waals surface area contributed by atoms with Gasteiger partial charge in [0.25, 0.3) is 0 Å². The molecule has 5 unspecified atom stereocenters. The Hall–Kier alpha value is 0.920. The van der Waals surface area contributed by atoms with Gasteiger partial charge in [-0.15, -0.1) is 58.0 Å². The standard InChI is InChI=1S/C30H55Cl5O2/c1-3-5-6-7-8-9-10-11-12-13-14-15-23-37-30(36)22-20-26(32)19-21-29(35)28(34)18-16-17-27(33)24-25(31)4-2/h25-29H,3-24H2,1-2H3. The summed E-state index contributed by atoms with van der Waals surface area (Å²) in [4.78, 5) is 12.0. The van der Waals surface area contributed by atoms with Crippen molar-refractivity contribution in [3.63, 3.8) is 0 Å². The van der Waals surface area contributed by atoms with Gasteiger partial charge in [-0.3, -0.25) is 4.79 Å². The molecule has 0 fully saturated rings. The monoisotopic (exact) mass is 622 g/mol. The zero-order valence-corrected chi connectivity index (χ0v) is 27.4. The van der Waals surface area contributed by atoms with Crippen molar-refractivity contribution in [3.8, 4) is 0 Å². The summed E-state index contributed by atoms with van der Waals surface area (Å²) in [6, 6.07) is 0. The lowest BCUT2D eigenvalue weighted by Gasteiger charge is -2.18. The summed E-state index contributed by atoms with van der Waals surface area (Å²) in [6.07, 6.45) is 22.5. The van der Waals surface area contributed by atoms with Crippen molar-refractivity contribution >= 4 is 64.0 Å². The first-order valence-corrected chi connectivity index (χ1v) is 17.3. The predicted molar refractivity (Wildman–Crippen MR) is 167 cm³/mol. The highest BCUT2D eigenvalue weighted by atomic mass is 35.5. The van der Waals surface area contributed by atoms with E-state index in [1.54, 1.807) is 0 Å². The van der Waals surface area contributed by atoms with Crippen LogP contribution in [0, 0.1) is 0 Å². The highest BCUT2D eigenvalue weighted by Crippen LogP contribution is 2.26. The van der Waals surface area contributed by atoms with Gasteiger partial charge in [0, 0.05) is 33.3 Å². The number of ether oxygens (including phenoxy) is 1. The molecule has 0 saturated heterocycles. The Labute approximate surface area is 254 Å². The van der Waals surface area contributed by atoms with Crippen LogP contribution in [-0.2, 0) is 9.53 Å². The van der Waals surface area contributed by atoms with E-state index >= 15 is 0 Å². The van der Waals surface area contributed by atoms with Crippen LogP contribution in [0.2, 0.25) is 0 Å². The number of carbonyl (C=O) groups is 1. The molecule has 0 heterocycles. The number of carbonyl (C=O) groups excluding carboxylic acids is 1. The van der Waals surface area contributed by atoms with E-state index in [0.717, 1.165) is 57.8 Å². The molecule has 0 aromatic rings. The Balaban J connectivity index is 3.62. The van der Waals surface area contributed by atoms with Crippen molar-refractivity contribution in [2.75, 3.05) is 6.61 Å². The van der Waals surface area contributed by atoms with Crippen molar-refractivity contribution < 1.29 is 9.53 Å². The van der Waals surface area contributed by atoms with Crippen LogP contribution in [0.15, 0.2) is 0 Å². The fraction of sp³-hybridized carbons (Fsp3) is 0.967. The third kappa shape index (κ3) is 25.6. The van der Waals surface area contributed by atoms with E-state index in [1.165, 1.54) is 64.2 Å². The molecule has 0 spiro atoms. The second-order valence-electron chi connectivity index (χ2n) is 10.6. The molecule has 0 aliphatic carbocycles. The minimum absolute atomic E-state index is 0.0896. The average molecular weight is 625 g/mol. The van der Waals surface area contributed by atoms with Gasteiger partial charge in [0.2, 0.25) is 0 Å². The van der Waals surface area contributed by atoms with Gasteiger partial charge >= 0.3 is 5.97 Å². The minimum Gasteiger partial charge on any atom is -0.466 e. The van der Waals surface area contributed by atoms with E-state index in [-0.39, 0.29) is 32.9 Å². The first-order chi connectivity index (χ1) is 17.8. The fourth-order valence-corrected chi connectivity index (χ4v) is 5.86. The third-order valence-electron chi connectivity index (χ3n) is 7.02. The van der Waals surface area contributed by atoms with E-state index < -0.39 is 0 Å². The molecule has 0 radical (unpaired) electrons. The SMILES string of the molecule is CCCCCCCCCCCCCCOC(=O)CCC(Cl)CCC(Cl)C(Cl)CCCC(Cl)CC(Cl)CC. The quantitative estimate of drug-likeness (QED) is 0.0516. The highest BCUT2D eigenvalue weighted by molar-refractivity contribution is 6.30. The van der Waals surface area contributed by atoms with Gasteiger partial charge < -0.3 is 4.74 Å². The van der Waals surface area contributed by atoms with Crippen molar-refractivity contribution in [2.24, 2.45) is 0 Å². The summed E-state index contributed by atoms with van der Waals surface area (Å²) < 4.78 is 5.38. The largest absolute Gasteiger partial charge is 0.466 e. The van der Waals surface area contributed by atoms with Gasteiger partial charge in [-0.25, -0.2) is 0 Å². The molecule has 222 valence electrons. The maximum atomic E-state index is 12.0. The van der Waals surface area contributed by atoms with Crippen LogP contribution < -0.4 is 0 Å². The van der Waals surface area contributed by atoms with Crippen molar-refractivity contribution in [2.45, 2.75) is 176 Å². The summed E-state index contributed by atoms with van der Waals surface area (Å²) >= 11 is 31.9. The molecule has 0 rings (SSSR count). The molecule has 37 heavy (non-hydrogen) atoms. The molecule has 0 saturated carbocycles. The number of halogens is 5. The van der Waals surface area contributed by atoms with Gasteiger partial charge in [0.15, 0.2) is 0 Å². The molecule has 0 aliphatic rings. The molecule has 0 aromatic heterocycles. The first kappa shape index (κ1) is 37.9. The van der Waals surface area contributed by atoms with Gasteiger partial charge in [-0.1, -0.05) is 90.9 Å². The summed E-state index contributed by atoms with van der Waals surface area (Å²) in [6.45, 7) is 4.86. The molecule has 0 aliphatic heterocycles.